The number of carbonyl (C=O) groups is 3. The highest BCUT2D eigenvalue weighted by Gasteiger charge is 2.27. The van der Waals surface area contributed by atoms with Crippen LogP contribution in [0.5, 0.6) is 5.75 Å². The molecule has 0 aromatic heterocycles. The van der Waals surface area contributed by atoms with Gasteiger partial charge >= 0.3 is 11.9 Å². The predicted octanol–water partition coefficient (Wildman–Crippen LogP) is 2.84. The summed E-state index contributed by atoms with van der Waals surface area (Å²) in [5, 5.41) is 11.6. The first-order valence-electron chi connectivity index (χ1n) is 9.50. The summed E-state index contributed by atoms with van der Waals surface area (Å²) in [6.07, 6.45) is 2.44. The molecule has 2 atom stereocenters. The summed E-state index contributed by atoms with van der Waals surface area (Å²) in [5.74, 6) is -0.799. The average molecular weight is 429 g/mol. The summed E-state index contributed by atoms with van der Waals surface area (Å²) in [4.78, 5) is 35.4. The van der Waals surface area contributed by atoms with Crippen molar-refractivity contribution in [3.8, 4) is 5.75 Å². The van der Waals surface area contributed by atoms with Crippen LogP contribution in [0.25, 0.3) is 0 Å². The van der Waals surface area contributed by atoms with Crippen LogP contribution in [-0.2, 0) is 20.7 Å². The number of cyclic esters (lactones) is 1. The number of carboxylic acids is 1. The van der Waals surface area contributed by atoms with E-state index in [1.54, 1.807) is 30.3 Å². The second-order valence-corrected chi connectivity index (χ2v) is 7.84. The molecule has 3 rings (SSSR count). The summed E-state index contributed by atoms with van der Waals surface area (Å²) in [6.45, 7) is -0.284. The normalized spacial score (nSPS) is 16.2. The first-order chi connectivity index (χ1) is 14.5. The molecule has 1 heterocycles. The highest BCUT2D eigenvalue weighted by Crippen LogP contribution is 2.31. The third-order valence-corrected chi connectivity index (χ3v) is 5.40. The van der Waals surface area contributed by atoms with Crippen molar-refractivity contribution in [2.45, 2.75) is 25.0 Å². The SMILES string of the molecule is CSCCC(NC(=O)COc1ccc(C2Cc3ccccc3C(=O)O2)cc1)C(=O)O. The molecule has 0 bridgehead atoms. The van der Waals surface area contributed by atoms with E-state index in [0.29, 0.717) is 29.9 Å². The molecule has 2 aromatic rings. The fourth-order valence-corrected chi connectivity index (χ4v) is 3.65. The lowest BCUT2D eigenvalue weighted by atomic mass is 9.95. The molecule has 2 N–H and O–H groups in total. The number of hydrogen-bond acceptors (Lipinski definition) is 6. The third kappa shape index (κ3) is 5.54. The fraction of sp³-hybridized carbons (Fsp3) is 0.318. The molecule has 0 saturated heterocycles. The fourth-order valence-electron chi connectivity index (χ4n) is 3.17. The third-order valence-electron chi connectivity index (χ3n) is 4.76. The topological polar surface area (TPSA) is 102 Å². The van der Waals surface area contributed by atoms with E-state index >= 15 is 0 Å². The lowest BCUT2D eigenvalue weighted by Crippen LogP contribution is -2.43. The van der Waals surface area contributed by atoms with Gasteiger partial charge in [0.05, 0.1) is 5.56 Å². The molecule has 0 saturated carbocycles. The number of esters is 1. The van der Waals surface area contributed by atoms with E-state index in [9.17, 15) is 14.4 Å². The van der Waals surface area contributed by atoms with Gasteiger partial charge in [-0.3, -0.25) is 4.79 Å². The van der Waals surface area contributed by atoms with E-state index in [4.69, 9.17) is 14.6 Å². The van der Waals surface area contributed by atoms with Crippen LogP contribution in [0.15, 0.2) is 48.5 Å². The summed E-state index contributed by atoms with van der Waals surface area (Å²) in [6, 6.07) is 13.4. The number of nitrogens with one attached hydrogen (secondary N) is 1. The number of benzene rings is 2. The van der Waals surface area contributed by atoms with Gasteiger partial charge < -0.3 is 19.9 Å². The zero-order valence-electron chi connectivity index (χ0n) is 16.5. The number of carboxylic acid groups (broad SMARTS) is 1. The van der Waals surface area contributed by atoms with Crippen LogP contribution >= 0.6 is 11.8 Å². The number of thioether (sulfide) groups is 1. The number of carbonyl (C=O) groups excluding carboxylic acids is 2. The van der Waals surface area contributed by atoms with Crippen LogP contribution < -0.4 is 10.1 Å². The van der Waals surface area contributed by atoms with Crippen molar-refractivity contribution in [1.82, 2.24) is 5.32 Å². The van der Waals surface area contributed by atoms with Gasteiger partial charge in [0.25, 0.3) is 5.91 Å². The molecule has 30 heavy (non-hydrogen) atoms. The number of rotatable bonds is 9. The molecular weight excluding hydrogens is 406 g/mol. The largest absolute Gasteiger partial charge is 0.484 e. The van der Waals surface area contributed by atoms with Crippen LogP contribution in [-0.4, -0.2) is 47.6 Å². The van der Waals surface area contributed by atoms with Gasteiger partial charge in [0.15, 0.2) is 6.61 Å². The van der Waals surface area contributed by atoms with Gasteiger partial charge in [-0.15, -0.1) is 0 Å². The quantitative estimate of drug-likeness (QED) is 0.591. The monoisotopic (exact) mass is 429 g/mol. The molecule has 158 valence electrons. The zero-order valence-corrected chi connectivity index (χ0v) is 17.3. The molecular formula is C22H23NO6S. The Morgan fingerprint density at radius 1 is 1.23 bits per heavy atom. The zero-order chi connectivity index (χ0) is 21.5. The standard InChI is InChI=1S/C22H23NO6S/c1-30-11-10-18(21(25)26)23-20(24)13-28-16-8-6-14(7-9-16)19-12-15-4-2-3-5-17(15)22(27)29-19/h2-9,18-19H,10-13H2,1H3,(H,23,24)(H,25,26). The molecule has 0 radical (unpaired) electrons. The van der Waals surface area contributed by atoms with Crippen molar-refractivity contribution >= 4 is 29.6 Å². The maximum Gasteiger partial charge on any atom is 0.339 e. The van der Waals surface area contributed by atoms with Crippen LogP contribution in [0.2, 0.25) is 0 Å². The van der Waals surface area contributed by atoms with Crippen molar-refractivity contribution in [3.05, 3.63) is 65.2 Å². The van der Waals surface area contributed by atoms with Gasteiger partial charge in [-0.2, -0.15) is 11.8 Å². The van der Waals surface area contributed by atoms with Crippen LogP contribution in [0.1, 0.15) is 34.0 Å². The Morgan fingerprint density at radius 2 is 1.97 bits per heavy atom. The van der Waals surface area contributed by atoms with Crippen LogP contribution in [0.4, 0.5) is 0 Å². The van der Waals surface area contributed by atoms with Gasteiger partial charge in [-0.05, 0) is 47.8 Å². The van der Waals surface area contributed by atoms with Crippen molar-refractivity contribution in [1.29, 1.82) is 0 Å². The maximum atomic E-state index is 12.2. The Morgan fingerprint density at radius 3 is 2.67 bits per heavy atom. The Kier molecular flexibility index (Phi) is 7.35. The van der Waals surface area contributed by atoms with E-state index in [1.807, 2.05) is 24.5 Å². The number of aliphatic carboxylic acids is 1. The van der Waals surface area contributed by atoms with Crippen LogP contribution in [0.3, 0.4) is 0 Å². The van der Waals surface area contributed by atoms with E-state index in [-0.39, 0.29) is 18.7 Å². The van der Waals surface area contributed by atoms with Crippen molar-refractivity contribution in [2.75, 3.05) is 18.6 Å². The second-order valence-electron chi connectivity index (χ2n) is 6.85. The molecule has 0 aliphatic carbocycles. The van der Waals surface area contributed by atoms with Crippen molar-refractivity contribution < 1.29 is 29.0 Å². The minimum absolute atomic E-state index is 0.284. The molecule has 1 aliphatic heterocycles. The summed E-state index contributed by atoms with van der Waals surface area (Å²) in [7, 11) is 0. The lowest BCUT2D eigenvalue weighted by Gasteiger charge is -2.25. The smallest absolute Gasteiger partial charge is 0.339 e. The van der Waals surface area contributed by atoms with Crippen LogP contribution in [0, 0.1) is 0 Å². The molecule has 1 amide bonds. The first-order valence-corrected chi connectivity index (χ1v) is 10.9. The number of amides is 1. The number of fused-ring (bicyclic) bond motifs is 1. The van der Waals surface area contributed by atoms with E-state index in [1.165, 1.54) is 11.8 Å². The first kappa shape index (κ1) is 21.7. The highest BCUT2D eigenvalue weighted by atomic mass is 32.2. The highest BCUT2D eigenvalue weighted by molar-refractivity contribution is 7.98. The van der Waals surface area contributed by atoms with E-state index < -0.39 is 17.9 Å². The molecule has 2 unspecified atom stereocenters. The number of ether oxygens (including phenoxy) is 2. The molecule has 2 aromatic carbocycles. The Bertz CT molecular complexity index is 914. The summed E-state index contributed by atoms with van der Waals surface area (Å²) < 4.78 is 11.0. The molecule has 1 aliphatic rings. The van der Waals surface area contributed by atoms with E-state index in [0.717, 1.165) is 11.1 Å². The van der Waals surface area contributed by atoms with Gasteiger partial charge in [-0.1, -0.05) is 30.3 Å². The molecule has 8 heteroatoms. The van der Waals surface area contributed by atoms with Gasteiger partial charge in [-0.25, -0.2) is 9.59 Å². The maximum absolute atomic E-state index is 12.2. The minimum atomic E-state index is -1.06. The minimum Gasteiger partial charge on any atom is -0.484 e. The lowest BCUT2D eigenvalue weighted by molar-refractivity contribution is -0.142. The Hall–Kier alpha value is -3.00. The average Bonchev–Trinajstić information content (AvgIpc) is 2.75. The summed E-state index contributed by atoms with van der Waals surface area (Å²) >= 11 is 1.52. The van der Waals surface area contributed by atoms with Gasteiger partial charge in [0.1, 0.15) is 17.9 Å². The second kappa shape index (κ2) is 10.2. The predicted molar refractivity (Wildman–Crippen MR) is 113 cm³/mol. The molecule has 7 nitrogen and oxygen atoms in total. The van der Waals surface area contributed by atoms with Crippen molar-refractivity contribution in [3.63, 3.8) is 0 Å². The van der Waals surface area contributed by atoms with Gasteiger partial charge in [0, 0.05) is 6.42 Å². The van der Waals surface area contributed by atoms with E-state index in [2.05, 4.69) is 5.32 Å². The van der Waals surface area contributed by atoms with Gasteiger partial charge in [0.2, 0.25) is 0 Å². The summed E-state index contributed by atoms with van der Waals surface area (Å²) in [5.41, 5.74) is 2.37. The Balaban J connectivity index is 1.54. The Labute approximate surface area is 178 Å². The van der Waals surface area contributed by atoms with Crippen molar-refractivity contribution in [2.24, 2.45) is 0 Å². The molecule has 0 fully saturated rings. The number of hydrogen-bond donors (Lipinski definition) is 2. The molecule has 0 spiro atoms.